The number of hydrogen-bond donors (Lipinski definition) is 2. The molecule has 3 N–H and O–H groups in total. The van der Waals surface area contributed by atoms with Crippen molar-refractivity contribution in [2.45, 2.75) is 42.2 Å². The van der Waals surface area contributed by atoms with Gasteiger partial charge in [-0.2, -0.15) is 11.8 Å². The molecule has 140 valence electrons. The predicted molar refractivity (Wildman–Crippen MR) is 104 cm³/mol. The van der Waals surface area contributed by atoms with Gasteiger partial charge in [0.15, 0.2) is 0 Å². The van der Waals surface area contributed by atoms with E-state index in [1.165, 1.54) is 5.56 Å². The maximum Gasteiger partial charge on any atom is 0.244 e. The highest BCUT2D eigenvalue weighted by molar-refractivity contribution is 7.99. The first kappa shape index (κ1) is 20.5. The van der Waals surface area contributed by atoms with Gasteiger partial charge in [0.2, 0.25) is 5.91 Å². The van der Waals surface area contributed by atoms with Crippen molar-refractivity contribution in [3.63, 3.8) is 0 Å². The topological polar surface area (TPSA) is 73.6 Å². The lowest BCUT2D eigenvalue weighted by atomic mass is 9.90. The molecule has 0 unspecified atom stereocenters. The molecule has 1 amide bonds. The zero-order chi connectivity index (χ0) is 16.8. The molecule has 2 aliphatic heterocycles. The van der Waals surface area contributed by atoms with Crippen LogP contribution in [0.4, 0.5) is 5.69 Å². The third kappa shape index (κ3) is 5.86. The van der Waals surface area contributed by atoms with Crippen LogP contribution in [0.25, 0.3) is 0 Å². The van der Waals surface area contributed by atoms with Crippen molar-refractivity contribution in [3.8, 4) is 0 Å². The van der Waals surface area contributed by atoms with Gasteiger partial charge in [-0.15, -0.1) is 12.4 Å². The van der Waals surface area contributed by atoms with Gasteiger partial charge in [-0.05, 0) is 43.4 Å². The maximum absolute atomic E-state index is 12.5. The molecule has 7 heteroatoms. The fraction of sp³-hybridized carbons (Fsp3) is 0.611. The van der Waals surface area contributed by atoms with Gasteiger partial charge in [0.1, 0.15) is 5.54 Å². The van der Waals surface area contributed by atoms with Crippen LogP contribution in [-0.4, -0.2) is 43.1 Å². The van der Waals surface area contributed by atoms with Crippen molar-refractivity contribution in [1.29, 1.82) is 0 Å². The van der Waals surface area contributed by atoms with Crippen LogP contribution in [0.1, 0.15) is 31.2 Å². The number of rotatable bonds is 5. The third-order valence-corrected chi connectivity index (χ3v) is 6.12. The fourth-order valence-corrected chi connectivity index (χ4v) is 4.15. The van der Waals surface area contributed by atoms with E-state index in [-0.39, 0.29) is 18.3 Å². The molecule has 0 aromatic heterocycles. The molecule has 2 saturated heterocycles. The van der Waals surface area contributed by atoms with Crippen molar-refractivity contribution in [3.05, 3.63) is 29.8 Å². The second-order valence-electron chi connectivity index (χ2n) is 6.55. The van der Waals surface area contributed by atoms with Crippen LogP contribution in [0, 0.1) is 0 Å². The summed E-state index contributed by atoms with van der Waals surface area (Å²) in [6.45, 7) is 2.84. The van der Waals surface area contributed by atoms with Crippen molar-refractivity contribution in [2.24, 2.45) is 5.73 Å². The van der Waals surface area contributed by atoms with Crippen LogP contribution in [-0.2, 0) is 20.0 Å². The zero-order valence-electron chi connectivity index (χ0n) is 14.4. The molecule has 1 aromatic carbocycles. The van der Waals surface area contributed by atoms with E-state index in [1.807, 2.05) is 30.0 Å². The summed E-state index contributed by atoms with van der Waals surface area (Å²) in [6, 6.07) is 8.06. The summed E-state index contributed by atoms with van der Waals surface area (Å²) < 4.78 is 10.7. The molecule has 2 aliphatic rings. The summed E-state index contributed by atoms with van der Waals surface area (Å²) >= 11 is 1.97. The largest absolute Gasteiger partial charge is 0.381 e. The summed E-state index contributed by atoms with van der Waals surface area (Å²) in [5, 5.41) is 3.65. The molecule has 25 heavy (non-hydrogen) atoms. The first-order valence-corrected chi connectivity index (χ1v) is 9.67. The number of thioether (sulfide) groups is 1. The van der Waals surface area contributed by atoms with Crippen molar-refractivity contribution in [1.82, 2.24) is 0 Å². The van der Waals surface area contributed by atoms with Gasteiger partial charge in [0, 0.05) is 43.1 Å². The molecule has 0 radical (unpaired) electrons. The Balaban J connectivity index is 0.00000225. The Kier molecular flexibility index (Phi) is 8.03. The summed E-state index contributed by atoms with van der Waals surface area (Å²) in [4.78, 5) is 12.5. The minimum absolute atomic E-state index is 0. The minimum atomic E-state index is -0.814. The van der Waals surface area contributed by atoms with Gasteiger partial charge in [0.25, 0.3) is 0 Å². The smallest absolute Gasteiger partial charge is 0.244 e. The summed E-state index contributed by atoms with van der Waals surface area (Å²) in [6.07, 6.45) is 3.38. The number of benzene rings is 1. The molecule has 0 aliphatic carbocycles. The van der Waals surface area contributed by atoms with Gasteiger partial charge >= 0.3 is 0 Å². The number of ether oxygens (including phenoxy) is 2. The van der Waals surface area contributed by atoms with Crippen molar-refractivity contribution >= 4 is 35.8 Å². The Morgan fingerprint density at radius 3 is 2.60 bits per heavy atom. The number of nitrogens with two attached hydrogens (primary N) is 1. The minimum Gasteiger partial charge on any atom is -0.381 e. The van der Waals surface area contributed by atoms with Gasteiger partial charge in [-0.1, -0.05) is 12.1 Å². The first-order valence-electron chi connectivity index (χ1n) is 8.62. The lowest BCUT2D eigenvalue weighted by molar-refractivity contribution is -0.124. The van der Waals surface area contributed by atoms with Crippen molar-refractivity contribution in [2.75, 3.05) is 31.7 Å². The third-order valence-electron chi connectivity index (χ3n) is 4.68. The molecule has 0 spiro atoms. The Labute approximate surface area is 159 Å². The standard InChI is InChI=1S/C18H26N2O3S.ClH/c19-18(6-10-23-11-7-18)17(21)20-15-3-1-2-14(12-15)13-24-16-4-8-22-9-5-16;/h1-3,12,16H,4-11,13,19H2,(H,20,21);1H. The second kappa shape index (κ2) is 9.78. The monoisotopic (exact) mass is 386 g/mol. The van der Waals surface area contributed by atoms with E-state index in [1.54, 1.807) is 0 Å². The van der Waals surface area contributed by atoms with Gasteiger partial charge < -0.3 is 20.5 Å². The van der Waals surface area contributed by atoms with Crippen LogP contribution in [0.5, 0.6) is 0 Å². The first-order chi connectivity index (χ1) is 11.7. The Hall–Kier alpha value is -0.790. The fourth-order valence-electron chi connectivity index (χ4n) is 3.01. The Bertz CT molecular complexity index is 561. The lowest BCUT2D eigenvalue weighted by Crippen LogP contribution is -2.54. The number of halogens is 1. The number of carbonyl (C=O) groups is 1. The summed E-state index contributed by atoms with van der Waals surface area (Å²) in [7, 11) is 0. The molecular weight excluding hydrogens is 360 g/mol. The molecule has 0 bridgehead atoms. The number of hydrogen-bond acceptors (Lipinski definition) is 5. The maximum atomic E-state index is 12.5. The lowest BCUT2D eigenvalue weighted by Gasteiger charge is -2.31. The molecule has 2 heterocycles. The highest BCUT2D eigenvalue weighted by Gasteiger charge is 2.35. The van der Waals surface area contributed by atoms with Crippen LogP contribution in [0.2, 0.25) is 0 Å². The van der Waals surface area contributed by atoms with Crippen molar-refractivity contribution < 1.29 is 14.3 Å². The van der Waals surface area contributed by atoms with E-state index in [4.69, 9.17) is 15.2 Å². The van der Waals surface area contributed by atoms with E-state index in [0.717, 1.165) is 37.5 Å². The van der Waals surface area contributed by atoms with Gasteiger partial charge in [-0.3, -0.25) is 4.79 Å². The van der Waals surface area contributed by atoms with E-state index < -0.39 is 5.54 Å². The van der Waals surface area contributed by atoms with Crippen LogP contribution < -0.4 is 11.1 Å². The van der Waals surface area contributed by atoms with Crippen LogP contribution in [0.3, 0.4) is 0 Å². The normalized spacial score (nSPS) is 20.5. The average molecular weight is 387 g/mol. The Morgan fingerprint density at radius 1 is 1.20 bits per heavy atom. The molecule has 1 aromatic rings. The molecule has 0 atom stereocenters. The van der Waals surface area contributed by atoms with Crippen LogP contribution in [0.15, 0.2) is 24.3 Å². The highest BCUT2D eigenvalue weighted by Crippen LogP contribution is 2.27. The number of amides is 1. The number of anilines is 1. The van der Waals surface area contributed by atoms with E-state index in [0.29, 0.717) is 31.3 Å². The number of carbonyl (C=O) groups excluding carboxylic acids is 1. The SMILES string of the molecule is Cl.NC1(C(=O)Nc2cccc(CSC3CCOCC3)c2)CCOCC1. The molecule has 5 nitrogen and oxygen atoms in total. The Morgan fingerprint density at radius 2 is 1.88 bits per heavy atom. The summed E-state index contributed by atoms with van der Waals surface area (Å²) in [5.41, 5.74) is 7.47. The van der Waals surface area contributed by atoms with E-state index >= 15 is 0 Å². The van der Waals surface area contributed by atoms with Gasteiger partial charge in [-0.25, -0.2) is 0 Å². The highest BCUT2D eigenvalue weighted by atomic mass is 35.5. The summed E-state index contributed by atoms with van der Waals surface area (Å²) in [5.74, 6) is 0.843. The number of nitrogens with one attached hydrogen (secondary N) is 1. The zero-order valence-corrected chi connectivity index (χ0v) is 16.0. The molecule has 0 saturated carbocycles. The van der Waals surface area contributed by atoms with E-state index in [2.05, 4.69) is 11.4 Å². The van der Waals surface area contributed by atoms with Crippen LogP contribution >= 0.6 is 24.2 Å². The second-order valence-corrected chi connectivity index (χ2v) is 7.83. The molecule has 3 rings (SSSR count). The molecular formula is C18H27ClN2O3S. The average Bonchev–Trinajstić information content (AvgIpc) is 2.62. The predicted octanol–water partition coefficient (Wildman–Crippen LogP) is 2.97. The van der Waals surface area contributed by atoms with Gasteiger partial charge in [0.05, 0.1) is 0 Å². The van der Waals surface area contributed by atoms with E-state index in [9.17, 15) is 4.79 Å². The quantitative estimate of drug-likeness (QED) is 0.813. The molecule has 2 fully saturated rings.